The van der Waals surface area contributed by atoms with E-state index in [9.17, 15) is 8.42 Å². The van der Waals surface area contributed by atoms with Crippen molar-refractivity contribution in [3.8, 4) is 6.07 Å². The van der Waals surface area contributed by atoms with Crippen LogP contribution in [0.4, 0.5) is 17.2 Å². The third-order valence-corrected chi connectivity index (χ3v) is 5.46. The zero-order valence-corrected chi connectivity index (χ0v) is 15.7. The van der Waals surface area contributed by atoms with Crippen LogP contribution in [-0.4, -0.2) is 13.4 Å². The van der Waals surface area contributed by atoms with Crippen LogP contribution in [0.2, 0.25) is 0 Å². The van der Waals surface area contributed by atoms with Crippen LogP contribution in [0.3, 0.4) is 0 Å². The molecule has 0 unspecified atom stereocenters. The molecule has 0 radical (unpaired) electrons. The fourth-order valence-electron chi connectivity index (χ4n) is 2.62. The molecule has 0 aliphatic heterocycles. The largest absolute Gasteiger partial charge is 0.340 e. The number of rotatable bonds is 5. The average molecular weight is 378 g/mol. The van der Waals surface area contributed by atoms with Gasteiger partial charge in [0, 0.05) is 5.69 Å². The number of sulfonamides is 1. The summed E-state index contributed by atoms with van der Waals surface area (Å²) >= 11 is 0. The first-order valence-electron chi connectivity index (χ1n) is 8.21. The molecule has 0 aliphatic carbocycles. The average Bonchev–Trinajstić information content (AvgIpc) is 2.63. The Labute approximate surface area is 158 Å². The van der Waals surface area contributed by atoms with E-state index in [1.807, 2.05) is 13.0 Å². The van der Waals surface area contributed by atoms with Crippen LogP contribution in [0, 0.1) is 25.2 Å². The van der Waals surface area contributed by atoms with E-state index in [0.29, 0.717) is 22.6 Å². The maximum atomic E-state index is 12.6. The van der Waals surface area contributed by atoms with Crippen molar-refractivity contribution in [1.29, 1.82) is 5.26 Å². The number of aromatic nitrogens is 1. The van der Waals surface area contributed by atoms with Crippen molar-refractivity contribution in [1.82, 2.24) is 4.98 Å². The molecule has 136 valence electrons. The highest BCUT2D eigenvalue weighted by Crippen LogP contribution is 2.21. The molecule has 1 heterocycles. The first kappa shape index (κ1) is 18.4. The van der Waals surface area contributed by atoms with Gasteiger partial charge in [0.1, 0.15) is 5.82 Å². The van der Waals surface area contributed by atoms with Crippen molar-refractivity contribution in [2.45, 2.75) is 18.7 Å². The van der Waals surface area contributed by atoms with Crippen LogP contribution < -0.4 is 10.0 Å². The van der Waals surface area contributed by atoms with Crippen molar-refractivity contribution < 1.29 is 8.42 Å². The molecule has 0 aliphatic rings. The van der Waals surface area contributed by atoms with E-state index in [-0.39, 0.29) is 4.90 Å². The highest BCUT2D eigenvalue weighted by molar-refractivity contribution is 7.92. The summed E-state index contributed by atoms with van der Waals surface area (Å²) in [6, 6.07) is 17.5. The van der Waals surface area contributed by atoms with Crippen molar-refractivity contribution in [2.24, 2.45) is 0 Å². The molecule has 0 amide bonds. The smallest absolute Gasteiger partial charge is 0.262 e. The van der Waals surface area contributed by atoms with E-state index in [1.165, 1.54) is 6.20 Å². The number of aryl methyl sites for hydroxylation is 2. The number of pyridine rings is 1. The maximum Gasteiger partial charge on any atom is 0.262 e. The summed E-state index contributed by atoms with van der Waals surface area (Å²) in [7, 11) is -3.68. The highest BCUT2D eigenvalue weighted by atomic mass is 32.2. The molecule has 3 rings (SSSR count). The van der Waals surface area contributed by atoms with Gasteiger partial charge in [-0.1, -0.05) is 17.7 Å². The summed E-state index contributed by atoms with van der Waals surface area (Å²) in [5.41, 5.74) is 3.43. The molecule has 0 spiro atoms. The molecule has 2 aromatic carbocycles. The minimum absolute atomic E-state index is 0.243. The van der Waals surface area contributed by atoms with Gasteiger partial charge in [0.25, 0.3) is 10.0 Å². The SMILES string of the molecule is Cc1ccc(S(=O)(=O)Nc2ccc(Nc3ccc(C#N)cc3)nc2)c(C)c1. The maximum absolute atomic E-state index is 12.6. The van der Waals surface area contributed by atoms with Gasteiger partial charge in [-0.05, 0) is 61.9 Å². The predicted molar refractivity (Wildman–Crippen MR) is 105 cm³/mol. The van der Waals surface area contributed by atoms with Gasteiger partial charge in [0.2, 0.25) is 0 Å². The second-order valence-electron chi connectivity index (χ2n) is 6.12. The summed E-state index contributed by atoms with van der Waals surface area (Å²) in [6.07, 6.45) is 1.45. The minimum Gasteiger partial charge on any atom is -0.340 e. The number of benzene rings is 2. The summed E-state index contributed by atoms with van der Waals surface area (Å²) in [5.74, 6) is 0.564. The van der Waals surface area contributed by atoms with Crippen LogP contribution in [0.15, 0.2) is 65.7 Å². The van der Waals surface area contributed by atoms with Crippen LogP contribution in [-0.2, 0) is 10.0 Å². The Morgan fingerprint density at radius 3 is 2.26 bits per heavy atom. The van der Waals surface area contributed by atoms with Crippen LogP contribution in [0.5, 0.6) is 0 Å². The monoisotopic (exact) mass is 378 g/mol. The molecule has 0 saturated carbocycles. The van der Waals surface area contributed by atoms with E-state index >= 15 is 0 Å². The minimum atomic E-state index is -3.68. The Morgan fingerprint density at radius 2 is 1.67 bits per heavy atom. The Hall–Kier alpha value is -3.37. The van der Waals surface area contributed by atoms with Gasteiger partial charge in [0.05, 0.1) is 28.4 Å². The lowest BCUT2D eigenvalue weighted by Gasteiger charge is -2.11. The van der Waals surface area contributed by atoms with Gasteiger partial charge < -0.3 is 5.32 Å². The van der Waals surface area contributed by atoms with Crippen molar-refractivity contribution in [3.63, 3.8) is 0 Å². The topological polar surface area (TPSA) is 94.9 Å². The first-order valence-corrected chi connectivity index (χ1v) is 9.69. The molecule has 3 aromatic rings. The molecule has 0 fully saturated rings. The molecule has 0 atom stereocenters. The van der Waals surface area contributed by atoms with Crippen LogP contribution in [0.1, 0.15) is 16.7 Å². The number of hydrogen-bond acceptors (Lipinski definition) is 5. The molecule has 7 heteroatoms. The van der Waals surface area contributed by atoms with Gasteiger partial charge in [-0.3, -0.25) is 4.72 Å². The Kier molecular flexibility index (Phi) is 5.10. The molecule has 27 heavy (non-hydrogen) atoms. The zero-order chi connectivity index (χ0) is 19.4. The van der Waals surface area contributed by atoms with Crippen molar-refractivity contribution in [2.75, 3.05) is 10.0 Å². The molecule has 0 saturated heterocycles. The number of anilines is 3. The van der Waals surface area contributed by atoms with E-state index in [2.05, 4.69) is 21.1 Å². The van der Waals surface area contributed by atoms with Gasteiger partial charge in [-0.15, -0.1) is 0 Å². The van der Waals surface area contributed by atoms with Crippen molar-refractivity contribution in [3.05, 3.63) is 77.5 Å². The van der Waals surface area contributed by atoms with E-state index in [0.717, 1.165) is 11.3 Å². The molecular weight excluding hydrogens is 360 g/mol. The standard InChI is InChI=1S/C20H18N4O2S/c1-14-3-9-19(15(2)11-14)27(25,26)24-18-8-10-20(22-13-18)23-17-6-4-16(12-21)5-7-17/h3-11,13,24H,1-2H3,(H,22,23). The summed E-state index contributed by atoms with van der Waals surface area (Å²) in [5, 5.41) is 11.9. The molecule has 1 aromatic heterocycles. The second kappa shape index (κ2) is 7.48. The Bertz CT molecular complexity index is 1100. The zero-order valence-electron chi connectivity index (χ0n) is 14.9. The fraction of sp³-hybridized carbons (Fsp3) is 0.100. The quantitative estimate of drug-likeness (QED) is 0.696. The highest BCUT2D eigenvalue weighted by Gasteiger charge is 2.17. The number of nitrogens with one attached hydrogen (secondary N) is 2. The van der Waals surface area contributed by atoms with Gasteiger partial charge in [-0.25, -0.2) is 13.4 Å². The lowest BCUT2D eigenvalue weighted by molar-refractivity contribution is 0.600. The third-order valence-electron chi connectivity index (χ3n) is 3.92. The van der Waals surface area contributed by atoms with Gasteiger partial charge >= 0.3 is 0 Å². The summed E-state index contributed by atoms with van der Waals surface area (Å²) in [4.78, 5) is 4.47. The lowest BCUT2D eigenvalue weighted by Crippen LogP contribution is -2.14. The lowest BCUT2D eigenvalue weighted by atomic mass is 10.2. The third kappa shape index (κ3) is 4.43. The first-order chi connectivity index (χ1) is 12.9. The van der Waals surface area contributed by atoms with E-state index < -0.39 is 10.0 Å². The predicted octanol–water partition coefficient (Wildman–Crippen LogP) is 4.11. The van der Waals surface area contributed by atoms with Crippen LogP contribution >= 0.6 is 0 Å². The Balaban J connectivity index is 1.74. The number of nitriles is 1. The molecule has 6 nitrogen and oxygen atoms in total. The van der Waals surface area contributed by atoms with Crippen molar-refractivity contribution >= 4 is 27.2 Å². The summed E-state index contributed by atoms with van der Waals surface area (Å²) < 4.78 is 27.7. The summed E-state index contributed by atoms with van der Waals surface area (Å²) in [6.45, 7) is 3.69. The molecule has 2 N–H and O–H groups in total. The fourth-order valence-corrected chi connectivity index (χ4v) is 3.89. The Morgan fingerprint density at radius 1 is 0.963 bits per heavy atom. The van der Waals surface area contributed by atoms with Crippen LogP contribution in [0.25, 0.3) is 0 Å². The second-order valence-corrected chi connectivity index (χ2v) is 7.77. The van der Waals surface area contributed by atoms with Gasteiger partial charge in [-0.2, -0.15) is 5.26 Å². The van der Waals surface area contributed by atoms with E-state index in [4.69, 9.17) is 5.26 Å². The molecule has 0 bridgehead atoms. The van der Waals surface area contributed by atoms with Gasteiger partial charge in [0.15, 0.2) is 0 Å². The number of hydrogen-bond donors (Lipinski definition) is 2. The normalized spacial score (nSPS) is 10.9. The molecular formula is C20H18N4O2S. The number of nitrogens with zero attached hydrogens (tertiary/aromatic N) is 2. The van der Waals surface area contributed by atoms with E-state index in [1.54, 1.807) is 55.5 Å².